The van der Waals surface area contributed by atoms with E-state index in [9.17, 15) is 4.79 Å². The molecular weight excluding hydrogens is 168 g/mol. The van der Waals surface area contributed by atoms with E-state index < -0.39 is 11.9 Å². The molecule has 4 heteroatoms. The largest absolute Gasteiger partial charge is 0.481 e. The first-order valence-electron chi connectivity index (χ1n) is 4.46. The Hall–Kier alpha value is -1.32. The first kappa shape index (κ1) is 8.29. The van der Waals surface area contributed by atoms with Gasteiger partial charge in [0.25, 0.3) is 0 Å². The number of aromatic amines is 1. The Morgan fingerprint density at radius 2 is 2.46 bits per heavy atom. The lowest BCUT2D eigenvalue weighted by molar-refractivity contribution is -0.139. The summed E-state index contributed by atoms with van der Waals surface area (Å²) < 4.78 is 0. The molecule has 70 valence electrons. The maximum absolute atomic E-state index is 10.9. The van der Waals surface area contributed by atoms with Crippen LogP contribution in [-0.2, 0) is 11.2 Å². The highest BCUT2D eigenvalue weighted by Crippen LogP contribution is 2.29. The predicted molar refractivity (Wildman–Crippen MR) is 46.6 cm³/mol. The van der Waals surface area contributed by atoms with E-state index in [1.165, 1.54) is 0 Å². The van der Waals surface area contributed by atoms with Crippen molar-refractivity contribution >= 4 is 5.97 Å². The molecule has 1 unspecified atom stereocenters. The smallest absolute Gasteiger partial charge is 0.312 e. The maximum atomic E-state index is 10.9. The Kier molecular flexibility index (Phi) is 1.83. The lowest BCUT2D eigenvalue weighted by Crippen LogP contribution is -2.17. The summed E-state index contributed by atoms with van der Waals surface area (Å²) in [6.07, 6.45) is 2.58. The molecule has 4 nitrogen and oxygen atoms in total. The Balaban J connectivity index is 2.41. The Labute approximate surface area is 76.0 Å². The van der Waals surface area contributed by atoms with Gasteiger partial charge in [-0.1, -0.05) is 0 Å². The van der Waals surface area contributed by atoms with Crippen molar-refractivity contribution in [3.05, 3.63) is 17.2 Å². The zero-order chi connectivity index (χ0) is 9.42. The number of hydrogen-bond donors (Lipinski definition) is 2. The minimum atomic E-state index is -0.757. The SMILES string of the molecule is Cc1nc2c([nH]1)CCCC2C(=O)O. The van der Waals surface area contributed by atoms with Gasteiger partial charge in [0.15, 0.2) is 0 Å². The number of rotatable bonds is 1. The topological polar surface area (TPSA) is 66.0 Å². The van der Waals surface area contributed by atoms with Crippen LogP contribution < -0.4 is 0 Å². The van der Waals surface area contributed by atoms with Gasteiger partial charge in [0.1, 0.15) is 11.7 Å². The van der Waals surface area contributed by atoms with Crippen LogP contribution in [0, 0.1) is 6.92 Å². The minimum absolute atomic E-state index is 0.395. The first-order valence-corrected chi connectivity index (χ1v) is 4.46. The number of carboxylic acid groups (broad SMARTS) is 1. The van der Waals surface area contributed by atoms with Crippen LogP contribution in [0.2, 0.25) is 0 Å². The van der Waals surface area contributed by atoms with Crippen molar-refractivity contribution in [1.29, 1.82) is 0 Å². The molecule has 2 N–H and O–H groups in total. The highest BCUT2D eigenvalue weighted by Gasteiger charge is 2.28. The molecule has 0 saturated heterocycles. The minimum Gasteiger partial charge on any atom is -0.481 e. The number of aryl methyl sites for hydroxylation is 2. The molecular formula is C9H12N2O2. The summed E-state index contributed by atoms with van der Waals surface area (Å²) in [6, 6.07) is 0. The first-order chi connectivity index (χ1) is 6.18. The van der Waals surface area contributed by atoms with E-state index in [1.807, 2.05) is 6.92 Å². The van der Waals surface area contributed by atoms with Crippen LogP contribution >= 0.6 is 0 Å². The monoisotopic (exact) mass is 180 g/mol. The molecule has 0 radical (unpaired) electrons. The second-order valence-corrected chi connectivity index (χ2v) is 3.47. The van der Waals surface area contributed by atoms with E-state index in [-0.39, 0.29) is 0 Å². The van der Waals surface area contributed by atoms with Crippen LogP contribution in [0.5, 0.6) is 0 Å². The second-order valence-electron chi connectivity index (χ2n) is 3.47. The third kappa shape index (κ3) is 1.32. The summed E-state index contributed by atoms with van der Waals surface area (Å²) in [4.78, 5) is 18.2. The quantitative estimate of drug-likeness (QED) is 0.683. The van der Waals surface area contributed by atoms with Crippen molar-refractivity contribution in [1.82, 2.24) is 9.97 Å². The summed E-state index contributed by atoms with van der Waals surface area (Å²) in [6.45, 7) is 1.86. The molecule has 1 atom stereocenters. The van der Waals surface area contributed by atoms with Crippen molar-refractivity contribution in [3.8, 4) is 0 Å². The number of fused-ring (bicyclic) bond motifs is 1. The lowest BCUT2D eigenvalue weighted by Gasteiger charge is -2.16. The van der Waals surface area contributed by atoms with E-state index in [0.29, 0.717) is 6.42 Å². The van der Waals surface area contributed by atoms with E-state index in [2.05, 4.69) is 9.97 Å². The van der Waals surface area contributed by atoms with Crippen molar-refractivity contribution in [2.75, 3.05) is 0 Å². The molecule has 0 aliphatic heterocycles. The molecule has 1 aromatic rings. The van der Waals surface area contributed by atoms with E-state index in [4.69, 9.17) is 5.11 Å². The number of nitrogens with zero attached hydrogens (tertiary/aromatic N) is 1. The molecule has 1 aromatic heterocycles. The number of carbonyl (C=O) groups is 1. The van der Waals surface area contributed by atoms with Gasteiger partial charge < -0.3 is 10.1 Å². The van der Waals surface area contributed by atoms with Crippen molar-refractivity contribution in [2.45, 2.75) is 32.1 Å². The zero-order valence-corrected chi connectivity index (χ0v) is 7.50. The molecule has 2 rings (SSSR count). The molecule has 1 aliphatic carbocycles. The number of hydrogen-bond acceptors (Lipinski definition) is 2. The van der Waals surface area contributed by atoms with E-state index in [0.717, 1.165) is 30.1 Å². The molecule has 0 aromatic carbocycles. The standard InChI is InChI=1S/C9H12N2O2/c1-5-10-7-4-2-3-6(9(12)13)8(7)11-5/h6H,2-4H2,1H3,(H,10,11)(H,12,13). The molecule has 0 saturated carbocycles. The van der Waals surface area contributed by atoms with Crippen LogP contribution in [0.1, 0.15) is 36.0 Å². The average Bonchev–Trinajstić information content (AvgIpc) is 2.43. The molecule has 1 aliphatic rings. The number of H-pyrrole nitrogens is 1. The van der Waals surface area contributed by atoms with Crippen molar-refractivity contribution < 1.29 is 9.90 Å². The summed E-state index contributed by atoms with van der Waals surface area (Å²) >= 11 is 0. The highest BCUT2D eigenvalue weighted by molar-refractivity contribution is 5.76. The summed E-state index contributed by atoms with van der Waals surface area (Å²) in [5, 5.41) is 8.94. The number of nitrogens with one attached hydrogen (secondary N) is 1. The fourth-order valence-electron chi connectivity index (χ4n) is 1.90. The molecule has 0 amide bonds. The van der Waals surface area contributed by atoms with E-state index >= 15 is 0 Å². The van der Waals surface area contributed by atoms with Gasteiger partial charge in [-0.15, -0.1) is 0 Å². The summed E-state index contributed by atoms with van der Waals surface area (Å²) in [5.74, 6) is -0.334. The van der Waals surface area contributed by atoms with Crippen LogP contribution in [0.3, 0.4) is 0 Å². The maximum Gasteiger partial charge on any atom is 0.312 e. The molecule has 0 fully saturated rings. The highest BCUT2D eigenvalue weighted by atomic mass is 16.4. The van der Waals surface area contributed by atoms with Crippen LogP contribution in [0.25, 0.3) is 0 Å². The summed E-state index contributed by atoms with van der Waals surface area (Å²) in [7, 11) is 0. The molecule has 0 bridgehead atoms. The van der Waals surface area contributed by atoms with Crippen LogP contribution in [-0.4, -0.2) is 21.0 Å². The van der Waals surface area contributed by atoms with Crippen molar-refractivity contribution in [3.63, 3.8) is 0 Å². The fourth-order valence-corrected chi connectivity index (χ4v) is 1.90. The lowest BCUT2D eigenvalue weighted by atomic mass is 9.90. The third-order valence-electron chi connectivity index (χ3n) is 2.48. The molecule has 1 heterocycles. The average molecular weight is 180 g/mol. The van der Waals surface area contributed by atoms with Gasteiger partial charge >= 0.3 is 5.97 Å². The molecule has 0 spiro atoms. The number of imidazole rings is 1. The van der Waals surface area contributed by atoms with Crippen LogP contribution in [0.15, 0.2) is 0 Å². The predicted octanol–water partition coefficient (Wildman–Crippen LogP) is 1.22. The normalized spacial score (nSPS) is 21.2. The van der Waals surface area contributed by atoms with Crippen LogP contribution in [0.4, 0.5) is 0 Å². The number of carboxylic acids is 1. The zero-order valence-electron chi connectivity index (χ0n) is 7.50. The Morgan fingerprint density at radius 3 is 3.15 bits per heavy atom. The second kappa shape index (κ2) is 2.87. The van der Waals surface area contributed by atoms with Gasteiger partial charge in [0.2, 0.25) is 0 Å². The molecule has 13 heavy (non-hydrogen) atoms. The Bertz CT molecular complexity index is 343. The van der Waals surface area contributed by atoms with Gasteiger partial charge in [0, 0.05) is 5.69 Å². The van der Waals surface area contributed by atoms with E-state index in [1.54, 1.807) is 0 Å². The van der Waals surface area contributed by atoms with Gasteiger partial charge in [-0.05, 0) is 26.2 Å². The van der Waals surface area contributed by atoms with Crippen molar-refractivity contribution in [2.24, 2.45) is 0 Å². The fraction of sp³-hybridized carbons (Fsp3) is 0.556. The number of aliphatic carboxylic acids is 1. The number of aromatic nitrogens is 2. The van der Waals surface area contributed by atoms with Gasteiger partial charge in [0.05, 0.1) is 5.69 Å². The van der Waals surface area contributed by atoms with Gasteiger partial charge in [-0.25, -0.2) is 4.98 Å². The van der Waals surface area contributed by atoms with Gasteiger partial charge in [-0.3, -0.25) is 4.79 Å². The Morgan fingerprint density at radius 1 is 1.69 bits per heavy atom. The van der Waals surface area contributed by atoms with Gasteiger partial charge in [-0.2, -0.15) is 0 Å². The summed E-state index contributed by atoms with van der Waals surface area (Å²) in [5.41, 5.74) is 1.76. The third-order valence-corrected chi connectivity index (χ3v) is 2.48.